The summed E-state index contributed by atoms with van der Waals surface area (Å²) < 4.78 is 84.8. The van der Waals surface area contributed by atoms with Gasteiger partial charge in [-0.25, -0.2) is 4.72 Å². The standard InChI is InChI=1S/C7H13F5N2O2S/c1-2-3-4-13-17(15,16)14-5-6(8,9)7(10,11)12/h13-14H,2-5H2,1H3. The monoisotopic (exact) mass is 284 g/mol. The van der Waals surface area contributed by atoms with Gasteiger partial charge in [-0.3, -0.25) is 0 Å². The van der Waals surface area contributed by atoms with Gasteiger partial charge in [0.1, 0.15) is 0 Å². The van der Waals surface area contributed by atoms with Crippen LogP contribution in [0.1, 0.15) is 19.8 Å². The zero-order valence-electron chi connectivity index (χ0n) is 8.94. The Hall–Kier alpha value is -0.480. The molecule has 0 spiro atoms. The Balaban J connectivity index is 4.28. The smallest absolute Gasteiger partial charge is 0.202 e. The Labute approximate surface area is 95.8 Å². The van der Waals surface area contributed by atoms with Gasteiger partial charge in [-0.1, -0.05) is 13.3 Å². The van der Waals surface area contributed by atoms with Gasteiger partial charge in [-0.15, -0.1) is 0 Å². The lowest BCUT2D eigenvalue weighted by Gasteiger charge is -2.19. The lowest BCUT2D eigenvalue weighted by molar-refractivity contribution is -0.277. The lowest BCUT2D eigenvalue weighted by atomic mass is 10.3. The Morgan fingerprint density at radius 1 is 1.06 bits per heavy atom. The zero-order chi connectivity index (χ0) is 13.7. The van der Waals surface area contributed by atoms with Crippen molar-refractivity contribution in [3.05, 3.63) is 0 Å². The summed E-state index contributed by atoms with van der Waals surface area (Å²) in [6, 6.07) is 0. The maximum atomic E-state index is 12.4. The van der Waals surface area contributed by atoms with Gasteiger partial charge >= 0.3 is 12.1 Å². The van der Waals surface area contributed by atoms with Crippen LogP contribution >= 0.6 is 0 Å². The maximum Gasteiger partial charge on any atom is 0.454 e. The van der Waals surface area contributed by atoms with E-state index in [0.29, 0.717) is 12.8 Å². The summed E-state index contributed by atoms with van der Waals surface area (Å²) in [4.78, 5) is 0. The summed E-state index contributed by atoms with van der Waals surface area (Å²) in [5, 5.41) is 0. The first-order chi connectivity index (χ1) is 7.52. The molecule has 0 rings (SSSR count). The molecule has 0 aromatic rings. The average molecular weight is 284 g/mol. The molecule has 0 atom stereocenters. The van der Waals surface area contributed by atoms with Gasteiger partial charge in [-0.2, -0.15) is 35.1 Å². The fraction of sp³-hybridized carbons (Fsp3) is 1.00. The molecule has 17 heavy (non-hydrogen) atoms. The molecule has 10 heteroatoms. The van der Waals surface area contributed by atoms with Gasteiger partial charge in [0.15, 0.2) is 0 Å². The van der Waals surface area contributed by atoms with E-state index in [1.807, 2.05) is 4.72 Å². The Bertz CT molecular complexity index is 328. The van der Waals surface area contributed by atoms with Crippen LogP contribution in [0.5, 0.6) is 0 Å². The summed E-state index contributed by atoms with van der Waals surface area (Å²) in [7, 11) is -4.33. The minimum absolute atomic E-state index is 0.0244. The van der Waals surface area contributed by atoms with Crippen LogP contribution in [0.3, 0.4) is 0 Å². The van der Waals surface area contributed by atoms with Crippen LogP contribution in [-0.4, -0.2) is 33.6 Å². The molecule has 0 amide bonds. The first kappa shape index (κ1) is 16.5. The number of unbranched alkanes of at least 4 members (excludes halogenated alkanes) is 1. The van der Waals surface area contributed by atoms with E-state index in [-0.39, 0.29) is 6.54 Å². The fourth-order valence-electron chi connectivity index (χ4n) is 0.720. The second kappa shape index (κ2) is 5.91. The first-order valence-corrected chi connectivity index (χ1v) is 6.19. The molecule has 0 heterocycles. The van der Waals surface area contributed by atoms with Crippen molar-refractivity contribution in [1.82, 2.24) is 9.44 Å². The van der Waals surface area contributed by atoms with Gasteiger partial charge in [0.2, 0.25) is 0 Å². The molecule has 0 aromatic heterocycles. The number of rotatable bonds is 7. The van der Waals surface area contributed by atoms with E-state index in [0.717, 1.165) is 4.72 Å². The minimum Gasteiger partial charge on any atom is -0.202 e. The molecule has 0 aliphatic carbocycles. The predicted octanol–water partition coefficient (Wildman–Crippen LogP) is 1.41. The molecule has 0 saturated carbocycles. The van der Waals surface area contributed by atoms with Crippen LogP contribution in [0, 0.1) is 0 Å². The molecule has 0 fully saturated rings. The Morgan fingerprint density at radius 2 is 1.59 bits per heavy atom. The van der Waals surface area contributed by atoms with Crippen LogP contribution in [0.15, 0.2) is 0 Å². The summed E-state index contributed by atoms with van der Waals surface area (Å²) in [6.07, 6.45) is -4.67. The number of hydrogen-bond acceptors (Lipinski definition) is 2. The summed E-state index contributed by atoms with van der Waals surface area (Å²) >= 11 is 0. The topological polar surface area (TPSA) is 58.2 Å². The van der Waals surface area contributed by atoms with Crippen molar-refractivity contribution >= 4 is 10.2 Å². The van der Waals surface area contributed by atoms with Gasteiger partial charge in [0.05, 0.1) is 6.54 Å². The number of halogens is 5. The molecule has 0 unspecified atom stereocenters. The highest BCUT2D eigenvalue weighted by Gasteiger charge is 2.57. The normalized spacial score (nSPS) is 14.0. The minimum atomic E-state index is -5.78. The van der Waals surface area contributed by atoms with Crippen LogP contribution in [0.25, 0.3) is 0 Å². The molecule has 2 N–H and O–H groups in total. The molecule has 0 radical (unpaired) electrons. The lowest BCUT2D eigenvalue weighted by Crippen LogP contribution is -2.49. The highest BCUT2D eigenvalue weighted by Crippen LogP contribution is 2.34. The first-order valence-electron chi connectivity index (χ1n) is 4.70. The van der Waals surface area contributed by atoms with Crippen LogP contribution in [0.4, 0.5) is 22.0 Å². The molecule has 0 saturated heterocycles. The van der Waals surface area contributed by atoms with E-state index in [4.69, 9.17) is 0 Å². The zero-order valence-corrected chi connectivity index (χ0v) is 9.76. The maximum absolute atomic E-state index is 12.4. The second-order valence-corrected chi connectivity index (χ2v) is 4.86. The molecule has 0 bridgehead atoms. The van der Waals surface area contributed by atoms with E-state index in [1.54, 1.807) is 6.92 Å². The molecular formula is C7H13F5N2O2S. The van der Waals surface area contributed by atoms with Crippen molar-refractivity contribution in [2.24, 2.45) is 0 Å². The quantitative estimate of drug-likeness (QED) is 0.548. The van der Waals surface area contributed by atoms with E-state index < -0.39 is 28.9 Å². The van der Waals surface area contributed by atoms with Crippen molar-refractivity contribution in [2.45, 2.75) is 31.9 Å². The molecule has 0 aromatic carbocycles. The van der Waals surface area contributed by atoms with E-state index in [1.165, 1.54) is 0 Å². The van der Waals surface area contributed by atoms with Crippen molar-refractivity contribution in [2.75, 3.05) is 13.1 Å². The van der Waals surface area contributed by atoms with Gasteiger partial charge < -0.3 is 0 Å². The van der Waals surface area contributed by atoms with E-state index in [9.17, 15) is 30.4 Å². The van der Waals surface area contributed by atoms with Gasteiger partial charge in [0.25, 0.3) is 10.2 Å². The Kier molecular flexibility index (Phi) is 5.75. The Morgan fingerprint density at radius 3 is 2.00 bits per heavy atom. The van der Waals surface area contributed by atoms with E-state index in [2.05, 4.69) is 0 Å². The van der Waals surface area contributed by atoms with Crippen LogP contribution in [0.2, 0.25) is 0 Å². The molecular weight excluding hydrogens is 271 g/mol. The molecule has 0 aliphatic rings. The number of nitrogens with one attached hydrogen (secondary N) is 2. The third-order valence-corrected chi connectivity index (χ3v) is 2.83. The van der Waals surface area contributed by atoms with Crippen molar-refractivity contribution in [3.8, 4) is 0 Å². The van der Waals surface area contributed by atoms with Crippen LogP contribution in [-0.2, 0) is 10.2 Å². The van der Waals surface area contributed by atoms with Crippen molar-refractivity contribution < 1.29 is 30.4 Å². The van der Waals surface area contributed by atoms with Crippen molar-refractivity contribution in [1.29, 1.82) is 0 Å². The number of alkyl halides is 5. The summed E-state index contributed by atoms with van der Waals surface area (Å²) in [5.74, 6) is -5.09. The third kappa shape index (κ3) is 6.13. The largest absolute Gasteiger partial charge is 0.454 e. The SMILES string of the molecule is CCCCNS(=O)(=O)NCC(F)(F)C(F)(F)F. The second-order valence-electron chi connectivity index (χ2n) is 3.27. The van der Waals surface area contributed by atoms with Gasteiger partial charge in [0, 0.05) is 6.54 Å². The molecule has 4 nitrogen and oxygen atoms in total. The third-order valence-electron chi connectivity index (χ3n) is 1.72. The van der Waals surface area contributed by atoms with Gasteiger partial charge in [-0.05, 0) is 6.42 Å². The molecule has 104 valence electrons. The summed E-state index contributed by atoms with van der Waals surface area (Å²) in [5.41, 5.74) is 0. The molecule has 0 aliphatic heterocycles. The number of hydrogen-bond donors (Lipinski definition) is 2. The van der Waals surface area contributed by atoms with Crippen LogP contribution < -0.4 is 9.44 Å². The predicted molar refractivity (Wildman–Crippen MR) is 50.8 cm³/mol. The average Bonchev–Trinajstić information content (AvgIpc) is 2.14. The highest BCUT2D eigenvalue weighted by atomic mass is 32.2. The summed E-state index contributed by atoms with van der Waals surface area (Å²) in [6.45, 7) is -0.277. The highest BCUT2D eigenvalue weighted by molar-refractivity contribution is 7.87. The van der Waals surface area contributed by atoms with E-state index >= 15 is 0 Å². The fourth-order valence-corrected chi connectivity index (χ4v) is 1.61. The van der Waals surface area contributed by atoms with Crippen molar-refractivity contribution in [3.63, 3.8) is 0 Å².